The molecule has 0 aliphatic rings. The Morgan fingerprint density at radius 1 is 1.44 bits per heavy atom. The number of nitrogens with two attached hydrogens (primary N) is 1. The van der Waals surface area contributed by atoms with E-state index in [2.05, 4.69) is 4.74 Å². The van der Waals surface area contributed by atoms with Crippen molar-refractivity contribution < 1.29 is 27.8 Å². The first-order valence-electron chi connectivity index (χ1n) is 4.96. The number of phenolic OH excluding ortho intramolecular Hbond substituents is 1. The summed E-state index contributed by atoms with van der Waals surface area (Å²) < 4.78 is 42.6. The Morgan fingerprint density at radius 3 is 2.39 bits per heavy atom. The maximum absolute atomic E-state index is 12.7. The molecule has 0 bridgehead atoms. The van der Waals surface area contributed by atoms with Crippen molar-refractivity contribution in [2.24, 2.45) is 5.73 Å². The molecule has 0 spiro atoms. The van der Waals surface area contributed by atoms with E-state index in [1.807, 2.05) is 0 Å². The van der Waals surface area contributed by atoms with E-state index in [9.17, 15) is 23.1 Å². The minimum atomic E-state index is -4.79. The standard InChI is InChI=1S/C11H12F3NO3/c1-5(15)9(16)7-3-6(18-2)4-8(10(7)17)11(12,13)14/h3-5,17H,15H2,1-2H3. The maximum atomic E-state index is 12.7. The Hall–Kier alpha value is -1.76. The van der Waals surface area contributed by atoms with Gasteiger partial charge >= 0.3 is 6.18 Å². The van der Waals surface area contributed by atoms with Gasteiger partial charge in [0.2, 0.25) is 0 Å². The third-order valence-electron chi connectivity index (χ3n) is 2.30. The maximum Gasteiger partial charge on any atom is 0.420 e. The van der Waals surface area contributed by atoms with Crippen molar-refractivity contribution in [1.82, 2.24) is 0 Å². The third kappa shape index (κ3) is 2.73. The number of benzene rings is 1. The average molecular weight is 263 g/mol. The fourth-order valence-corrected chi connectivity index (χ4v) is 1.38. The van der Waals surface area contributed by atoms with E-state index in [-0.39, 0.29) is 5.75 Å². The monoisotopic (exact) mass is 263 g/mol. The van der Waals surface area contributed by atoms with Gasteiger partial charge in [-0.1, -0.05) is 0 Å². The molecule has 100 valence electrons. The van der Waals surface area contributed by atoms with Gasteiger partial charge in [0.1, 0.15) is 17.1 Å². The van der Waals surface area contributed by atoms with Crippen LogP contribution in [0.1, 0.15) is 22.8 Å². The zero-order chi connectivity index (χ0) is 14.1. The van der Waals surface area contributed by atoms with E-state index in [0.29, 0.717) is 6.07 Å². The van der Waals surface area contributed by atoms with E-state index in [1.54, 1.807) is 0 Å². The molecule has 18 heavy (non-hydrogen) atoms. The highest BCUT2D eigenvalue weighted by molar-refractivity contribution is 6.02. The zero-order valence-corrected chi connectivity index (χ0v) is 9.71. The Balaban J connectivity index is 3.48. The highest BCUT2D eigenvalue weighted by Gasteiger charge is 2.36. The number of alkyl halides is 3. The SMILES string of the molecule is COc1cc(C(=O)C(C)N)c(O)c(C(F)(F)F)c1. The summed E-state index contributed by atoms with van der Waals surface area (Å²) >= 11 is 0. The molecule has 1 unspecified atom stereocenters. The summed E-state index contributed by atoms with van der Waals surface area (Å²) in [5.41, 5.74) is 3.47. The van der Waals surface area contributed by atoms with Crippen LogP contribution in [0, 0.1) is 0 Å². The lowest BCUT2D eigenvalue weighted by molar-refractivity contribution is -0.138. The fraction of sp³-hybridized carbons (Fsp3) is 0.364. The van der Waals surface area contributed by atoms with Crippen LogP contribution < -0.4 is 10.5 Å². The van der Waals surface area contributed by atoms with Crippen molar-refractivity contribution in [1.29, 1.82) is 0 Å². The lowest BCUT2D eigenvalue weighted by Crippen LogP contribution is -2.27. The van der Waals surface area contributed by atoms with Crippen LogP contribution in [-0.4, -0.2) is 24.0 Å². The van der Waals surface area contributed by atoms with Gasteiger partial charge in [-0.05, 0) is 19.1 Å². The van der Waals surface area contributed by atoms with Gasteiger partial charge in [-0.25, -0.2) is 0 Å². The second-order valence-electron chi connectivity index (χ2n) is 3.72. The molecular weight excluding hydrogens is 251 g/mol. The summed E-state index contributed by atoms with van der Waals surface area (Å²) in [5.74, 6) is -2.10. The van der Waals surface area contributed by atoms with Crippen molar-refractivity contribution >= 4 is 5.78 Å². The van der Waals surface area contributed by atoms with E-state index < -0.39 is 34.9 Å². The second kappa shape index (κ2) is 4.85. The van der Waals surface area contributed by atoms with E-state index in [4.69, 9.17) is 5.73 Å². The summed E-state index contributed by atoms with van der Waals surface area (Å²) in [6, 6.07) is 0.618. The number of rotatable bonds is 3. The zero-order valence-electron chi connectivity index (χ0n) is 9.71. The fourth-order valence-electron chi connectivity index (χ4n) is 1.38. The van der Waals surface area contributed by atoms with Gasteiger partial charge in [-0.3, -0.25) is 4.79 Å². The molecule has 0 aliphatic heterocycles. The van der Waals surface area contributed by atoms with Crippen LogP contribution in [0.15, 0.2) is 12.1 Å². The lowest BCUT2D eigenvalue weighted by atomic mass is 10.0. The molecule has 0 heterocycles. The molecule has 3 N–H and O–H groups in total. The summed E-state index contributed by atoms with van der Waals surface area (Å²) in [6.07, 6.45) is -4.79. The Kier molecular flexibility index (Phi) is 3.85. The van der Waals surface area contributed by atoms with Crippen LogP contribution in [0.25, 0.3) is 0 Å². The summed E-state index contributed by atoms with van der Waals surface area (Å²) in [4.78, 5) is 11.6. The van der Waals surface area contributed by atoms with Crippen molar-refractivity contribution in [3.05, 3.63) is 23.3 Å². The predicted molar refractivity (Wildman–Crippen MR) is 57.6 cm³/mol. The van der Waals surface area contributed by atoms with Gasteiger partial charge in [0.05, 0.1) is 18.7 Å². The number of carbonyl (C=O) groups is 1. The molecule has 0 aromatic heterocycles. The third-order valence-corrected chi connectivity index (χ3v) is 2.30. The van der Waals surface area contributed by atoms with Gasteiger partial charge < -0.3 is 15.6 Å². The van der Waals surface area contributed by atoms with E-state index in [1.165, 1.54) is 6.92 Å². The number of halogens is 3. The second-order valence-corrected chi connectivity index (χ2v) is 3.72. The van der Waals surface area contributed by atoms with E-state index in [0.717, 1.165) is 13.2 Å². The van der Waals surface area contributed by atoms with Crippen LogP contribution in [0.4, 0.5) is 13.2 Å². The number of aromatic hydroxyl groups is 1. The molecule has 0 radical (unpaired) electrons. The first-order chi connectivity index (χ1) is 8.18. The topological polar surface area (TPSA) is 72.5 Å². The first kappa shape index (κ1) is 14.3. The number of ketones is 1. The van der Waals surface area contributed by atoms with Gasteiger partial charge in [0, 0.05) is 0 Å². The molecule has 0 fully saturated rings. The first-order valence-corrected chi connectivity index (χ1v) is 4.96. The number of carbonyl (C=O) groups excluding carboxylic acids is 1. The van der Waals surface area contributed by atoms with Crippen LogP contribution in [-0.2, 0) is 6.18 Å². The molecule has 0 saturated carbocycles. The molecule has 0 amide bonds. The molecule has 4 nitrogen and oxygen atoms in total. The van der Waals surface area contributed by atoms with Crippen LogP contribution >= 0.6 is 0 Å². The van der Waals surface area contributed by atoms with Crippen LogP contribution in [0.3, 0.4) is 0 Å². The Bertz CT molecular complexity index is 469. The molecule has 1 aromatic carbocycles. The minimum absolute atomic E-state index is 0.177. The normalized spacial score (nSPS) is 13.2. The number of phenols is 1. The molecular formula is C11H12F3NO3. The van der Waals surface area contributed by atoms with Gasteiger partial charge in [0.25, 0.3) is 0 Å². The Labute approximate surface area is 101 Å². The van der Waals surface area contributed by atoms with Crippen LogP contribution in [0.2, 0.25) is 0 Å². The van der Waals surface area contributed by atoms with Crippen LogP contribution in [0.5, 0.6) is 11.5 Å². The van der Waals surface area contributed by atoms with Gasteiger partial charge in [0.15, 0.2) is 5.78 Å². The summed E-state index contributed by atoms with van der Waals surface area (Å²) in [6.45, 7) is 1.31. The smallest absolute Gasteiger partial charge is 0.420 e. The number of methoxy groups -OCH3 is 1. The average Bonchev–Trinajstić information content (AvgIpc) is 2.26. The van der Waals surface area contributed by atoms with Crippen molar-refractivity contribution in [3.8, 4) is 11.5 Å². The van der Waals surface area contributed by atoms with Gasteiger partial charge in [-0.2, -0.15) is 13.2 Å². The molecule has 1 aromatic rings. The van der Waals surface area contributed by atoms with Crippen molar-refractivity contribution in [3.63, 3.8) is 0 Å². The Morgan fingerprint density at radius 2 is 2.00 bits per heavy atom. The van der Waals surface area contributed by atoms with Crippen molar-refractivity contribution in [2.75, 3.05) is 7.11 Å². The minimum Gasteiger partial charge on any atom is -0.507 e. The lowest BCUT2D eigenvalue weighted by Gasteiger charge is -2.15. The molecule has 7 heteroatoms. The van der Waals surface area contributed by atoms with Gasteiger partial charge in [-0.15, -0.1) is 0 Å². The molecule has 1 rings (SSSR count). The van der Waals surface area contributed by atoms with E-state index >= 15 is 0 Å². The van der Waals surface area contributed by atoms with Crippen molar-refractivity contribution in [2.45, 2.75) is 19.1 Å². The molecule has 1 atom stereocenters. The highest BCUT2D eigenvalue weighted by atomic mass is 19.4. The summed E-state index contributed by atoms with van der Waals surface area (Å²) in [5, 5.41) is 9.51. The largest absolute Gasteiger partial charge is 0.507 e. The molecule has 0 saturated heterocycles. The highest BCUT2D eigenvalue weighted by Crippen LogP contribution is 2.40. The number of hydrogen-bond acceptors (Lipinski definition) is 4. The number of Topliss-reactive ketones (excluding diaryl/α,β-unsaturated/α-hetero) is 1. The molecule has 0 aliphatic carbocycles. The number of ether oxygens (including phenoxy) is 1. The number of hydrogen-bond donors (Lipinski definition) is 2. The quantitative estimate of drug-likeness (QED) is 0.817. The predicted octanol–water partition coefficient (Wildman–Crippen LogP) is 1.95. The summed E-state index contributed by atoms with van der Waals surface area (Å²) in [7, 11) is 1.16.